The second-order valence-electron chi connectivity index (χ2n) is 3.17. The molecule has 0 unspecified atom stereocenters. The van der Waals surface area contributed by atoms with Crippen LogP contribution in [0, 0.1) is 10.1 Å². The van der Waals surface area contributed by atoms with E-state index in [1.54, 1.807) is 24.4 Å². The Morgan fingerprint density at radius 2 is 2.06 bits per heavy atom. The third-order valence-corrected chi connectivity index (χ3v) is 2.13. The number of phenolic OH excluding ortho intramolecular Hbond substituents is 1. The number of aromatic nitrogens is 1. The van der Waals surface area contributed by atoms with Crippen molar-refractivity contribution in [1.29, 1.82) is 0 Å². The summed E-state index contributed by atoms with van der Waals surface area (Å²) in [6, 6.07) is 9.19. The summed E-state index contributed by atoms with van der Waals surface area (Å²) in [6.07, 6.45) is 1.59. The highest BCUT2D eigenvalue weighted by molar-refractivity contribution is 5.68. The Morgan fingerprint density at radius 1 is 1.25 bits per heavy atom. The zero-order valence-electron chi connectivity index (χ0n) is 8.20. The molecular weight excluding hydrogens is 208 g/mol. The van der Waals surface area contributed by atoms with Crippen LogP contribution >= 0.6 is 0 Å². The van der Waals surface area contributed by atoms with Gasteiger partial charge in [0.05, 0.1) is 16.7 Å². The molecule has 1 aromatic carbocycles. The Bertz CT molecular complexity index is 526. The molecule has 0 aliphatic rings. The van der Waals surface area contributed by atoms with Crippen LogP contribution in [0.5, 0.6) is 5.75 Å². The van der Waals surface area contributed by atoms with Crippen LogP contribution in [0.4, 0.5) is 5.69 Å². The first-order chi connectivity index (χ1) is 7.68. The smallest absolute Gasteiger partial charge is 0.273 e. The maximum Gasteiger partial charge on any atom is 0.273 e. The SMILES string of the molecule is O=[N+]([O-])c1ccc(-c2ccccn2)c(O)c1. The first-order valence-electron chi connectivity index (χ1n) is 4.57. The molecule has 0 atom stereocenters. The van der Waals surface area contributed by atoms with Crippen LogP contribution in [-0.2, 0) is 0 Å². The fourth-order valence-corrected chi connectivity index (χ4v) is 1.37. The molecule has 0 bridgehead atoms. The molecule has 0 amide bonds. The normalized spacial score (nSPS) is 10.0. The molecule has 0 radical (unpaired) electrons. The molecule has 16 heavy (non-hydrogen) atoms. The average Bonchev–Trinajstić information content (AvgIpc) is 2.30. The van der Waals surface area contributed by atoms with Crippen LogP contribution in [0.2, 0.25) is 0 Å². The first-order valence-corrected chi connectivity index (χ1v) is 4.57. The second kappa shape index (κ2) is 3.98. The lowest BCUT2D eigenvalue weighted by Crippen LogP contribution is -1.89. The molecule has 0 aliphatic heterocycles. The molecular formula is C11H8N2O3. The van der Waals surface area contributed by atoms with Crippen LogP contribution in [0.25, 0.3) is 11.3 Å². The molecule has 0 aliphatic carbocycles. The molecule has 80 valence electrons. The van der Waals surface area contributed by atoms with E-state index in [9.17, 15) is 15.2 Å². The fourth-order valence-electron chi connectivity index (χ4n) is 1.37. The van der Waals surface area contributed by atoms with Gasteiger partial charge in [0.1, 0.15) is 5.75 Å². The Balaban J connectivity index is 2.48. The van der Waals surface area contributed by atoms with Gasteiger partial charge in [0, 0.05) is 17.8 Å². The van der Waals surface area contributed by atoms with Crippen molar-refractivity contribution in [1.82, 2.24) is 4.98 Å². The van der Waals surface area contributed by atoms with E-state index in [-0.39, 0.29) is 11.4 Å². The molecule has 5 heteroatoms. The van der Waals surface area contributed by atoms with Gasteiger partial charge < -0.3 is 5.11 Å². The molecule has 2 aromatic rings. The van der Waals surface area contributed by atoms with Crippen LogP contribution < -0.4 is 0 Å². The summed E-state index contributed by atoms with van der Waals surface area (Å²) < 4.78 is 0. The largest absolute Gasteiger partial charge is 0.507 e. The molecule has 1 N–H and O–H groups in total. The quantitative estimate of drug-likeness (QED) is 0.617. The predicted molar refractivity (Wildman–Crippen MR) is 58.0 cm³/mol. The maximum atomic E-state index is 10.5. The number of nitrogens with zero attached hydrogens (tertiary/aromatic N) is 2. The van der Waals surface area contributed by atoms with Gasteiger partial charge in [-0.25, -0.2) is 0 Å². The number of nitro groups is 1. The van der Waals surface area contributed by atoms with Crippen LogP contribution in [-0.4, -0.2) is 15.0 Å². The minimum absolute atomic E-state index is 0.141. The summed E-state index contributed by atoms with van der Waals surface area (Å²) in [5.74, 6) is -0.145. The third-order valence-electron chi connectivity index (χ3n) is 2.13. The lowest BCUT2D eigenvalue weighted by Gasteiger charge is -2.02. The summed E-state index contributed by atoms with van der Waals surface area (Å²) in [6.45, 7) is 0. The molecule has 1 aromatic heterocycles. The highest BCUT2D eigenvalue weighted by atomic mass is 16.6. The Morgan fingerprint density at radius 3 is 2.62 bits per heavy atom. The fraction of sp³-hybridized carbons (Fsp3) is 0. The van der Waals surface area contributed by atoms with Crippen molar-refractivity contribution in [2.75, 3.05) is 0 Å². The summed E-state index contributed by atoms with van der Waals surface area (Å²) in [7, 11) is 0. The predicted octanol–water partition coefficient (Wildman–Crippen LogP) is 2.36. The number of nitro benzene ring substituents is 1. The number of non-ortho nitro benzene ring substituents is 1. The van der Waals surface area contributed by atoms with Crippen molar-refractivity contribution in [2.24, 2.45) is 0 Å². The van der Waals surface area contributed by atoms with Gasteiger partial charge in [0.15, 0.2) is 0 Å². The highest BCUT2D eigenvalue weighted by Gasteiger charge is 2.11. The molecule has 2 rings (SSSR count). The lowest BCUT2D eigenvalue weighted by molar-refractivity contribution is -0.384. The molecule has 0 fully saturated rings. The Kier molecular flexibility index (Phi) is 2.51. The van der Waals surface area contributed by atoms with Crippen LogP contribution in [0.15, 0.2) is 42.6 Å². The Hall–Kier alpha value is -2.43. The van der Waals surface area contributed by atoms with Crippen molar-refractivity contribution < 1.29 is 10.0 Å². The topological polar surface area (TPSA) is 76.3 Å². The van der Waals surface area contributed by atoms with Crippen LogP contribution in [0.1, 0.15) is 0 Å². The number of aromatic hydroxyl groups is 1. The van der Waals surface area contributed by atoms with Crippen molar-refractivity contribution >= 4 is 5.69 Å². The number of pyridine rings is 1. The van der Waals surface area contributed by atoms with E-state index in [4.69, 9.17) is 0 Å². The van der Waals surface area contributed by atoms with E-state index in [0.717, 1.165) is 6.07 Å². The van der Waals surface area contributed by atoms with E-state index in [2.05, 4.69) is 4.98 Å². The van der Waals surface area contributed by atoms with Gasteiger partial charge in [-0.15, -0.1) is 0 Å². The summed E-state index contributed by atoms with van der Waals surface area (Å²) in [5.41, 5.74) is 0.915. The van der Waals surface area contributed by atoms with Gasteiger partial charge >= 0.3 is 0 Å². The number of phenols is 1. The van der Waals surface area contributed by atoms with Gasteiger partial charge in [-0.3, -0.25) is 15.1 Å². The Labute approximate surface area is 91.2 Å². The monoisotopic (exact) mass is 216 g/mol. The maximum absolute atomic E-state index is 10.5. The van der Waals surface area contributed by atoms with E-state index in [0.29, 0.717) is 11.3 Å². The van der Waals surface area contributed by atoms with Gasteiger partial charge in [-0.05, 0) is 18.2 Å². The van der Waals surface area contributed by atoms with E-state index >= 15 is 0 Å². The van der Waals surface area contributed by atoms with E-state index in [1.807, 2.05) is 0 Å². The van der Waals surface area contributed by atoms with Gasteiger partial charge in [-0.1, -0.05) is 6.07 Å². The van der Waals surface area contributed by atoms with Crippen molar-refractivity contribution in [3.05, 3.63) is 52.7 Å². The zero-order valence-corrected chi connectivity index (χ0v) is 8.20. The third kappa shape index (κ3) is 1.83. The van der Waals surface area contributed by atoms with E-state index < -0.39 is 4.92 Å². The average molecular weight is 216 g/mol. The van der Waals surface area contributed by atoms with Gasteiger partial charge in [0.25, 0.3) is 5.69 Å². The first kappa shape index (κ1) is 10.1. The minimum atomic E-state index is -0.554. The van der Waals surface area contributed by atoms with Crippen molar-refractivity contribution in [3.63, 3.8) is 0 Å². The lowest BCUT2D eigenvalue weighted by atomic mass is 10.1. The molecule has 0 saturated carbocycles. The van der Waals surface area contributed by atoms with Gasteiger partial charge in [0.2, 0.25) is 0 Å². The molecule has 1 heterocycles. The second-order valence-corrected chi connectivity index (χ2v) is 3.17. The standard InChI is InChI=1S/C11H8N2O3/c14-11-7-8(13(15)16)4-5-9(11)10-3-1-2-6-12-10/h1-7,14H. The summed E-state index contributed by atoms with van der Waals surface area (Å²) in [4.78, 5) is 14.0. The number of hydrogen-bond acceptors (Lipinski definition) is 4. The van der Waals surface area contributed by atoms with Crippen molar-refractivity contribution in [3.8, 4) is 17.0 Å². The summed E-state index contributed by atoms with van der Waals surface area (Å²) in [5, 5.41) is 20.1. The van der Waals surface area contributed by atoms with Crippen LogP contribution in [0.3, 0.4) is 0 Å². The highest BCUT2D eigenvalue weighted by Crippen LogP contribution is 2.30. The van der Waals surface area contributed by atoms with Crippen molar-refractivity contribution in [2.45, 2.75) is 0 Å². The van der Waals surface area contributed by atoms with Gasteiger partial charge in [-0.2, -0.15) is 0 Å². The number of benzene rings is 1. The molecule has 5 nitrogen and oxygen atoms in total. The summed E-state index contributed by atoms with van der Waals surface area (Å²) >= 11 is 0. The number of hydrogen-bond donors (Lipinski definition) is 1. The molecule has 0 saturated heterocycles. The van der Waals surface area contributed by atoms with E-state index in [1.165, 1.54) is 12.1 Å². The molecule has 0 spiro atoms. The zero-order chi connectivity index (χ0) is 11.5. The minimum Gasteiger partial charge on any atom is -0.507 e. The number of rotatable bonds is 2.